The number of benzene rings is 1. The molecule has 7 heteroatoms. The van der Waals surface area contributed by atoms with E-state index in [1.165, 1.54) is 29.5 Å². The highest BCUT2D eigenvalue weighted by Gasteiger charge is 2.09. The molecule has 2 N–H and O–H groups in total. The maximum Gasteiger partial charge on any atom is 0.319 e. The van der Waals surface area contributed by atoms with Crippen LogP contribution in [-0.2, 0) is 6.54 Å². The molecular formula is C14H16FN3O2S. The molecule has 5 nitrogen and oxygen atoms in total. The van der Waals surface area contributed by atoms with E-state index in [0.29, 0.717) is 24.6 Å². The van der Waals surface area contributed by atoms with Gasteiger partial charge in [-0.1, -0.05) is 0 Å². The van der Waals surface area contributed by atoms with Crippen LogP contribution in [0.5, 0.6) is 5.75 Å². The van der Waals surface area contributed by atoms with E-state index < -0.39 is 5.82 Å². The zero-order valence-corrected chi connectivity index (χ0v) is 12.6. The second-order valence-electron chi connectivity index (χ2n) is 4.23. The SMILES string of the molecule is CCOc1cc(F)ccc1NC(=O)NCc1cnc(C)s1. The van der Waals surface area contributed by atoms with Crippen molar-refractivity contribution in [3.63, 3.8) is 0 Å². The molecule has 2 aromatic rings. The Morgan fingerprint density at radius 3 is 2.95 bits per heavy atom. The van der Waals surface area contributed by atoms with Crippen molar-refractivity contribution in [3.8, 4) is 5.75 Å². The number of hydrogen-bond donors (Lipinski definition) is 2. The van der Waals surface area contributed by atoms with E-state index in [9.17, 15) is 9.18 Å². The van der Waals surface area contributed by atoms with Gasteiger partial charge in [-0.15, -0.1) is 11.3 Å². The smallest absolute Gasteiger partial charge is 0.319 e. The average molecular weight is 309 g/mol. The van der Waals surface area contributed by atoms with E-state index >= 15 is 0 Å². The number of aromatic nitrogens is 1. The van der Waals surface area contributed by atoms with Crippen LogP contribution in [0.25, 0.3) is 0 Å². The first-order valence-electron chi connectivity index (χ1n) is 6.47. The second kappa shape index (κ2) is 7.03. The van der Waals surface area contributed by atoms with Crippen molar-refractivity contribution in [2.75, 3.05) is 11.9 Å². The van der Waals surface area contributed by atoms with Gasteiger partial charge in [-0.2, -0.15) is 0 Å². The van der Waals surface area contributed by atoms with E-state index in [1.807, 2.05) is 6.92 Å². The summed E-state index contributed by atoms with van der Waals surface area (Å²) in [4.78, 5) is 16.9. The summed E-state index contributed by atoms with van der Waals surface area (Å²) < 4.78 is 18.5. The number of anilines is 1. The van der Waals surface area contributed by atoms with E-state index in [4.69, 9.17) is 4.74 Å². The quantitative estimate of drug-likeness (QED) is 0.890. The van der Waals surface area contributed by atoms with Crippen molar-refractivity contribution in [1.82, 2.24) is 10.3 Å². The van der Waals surface area contributed by atoms with Gasteiger partial charge in [0.05, 0.1) is 23.8 Å². The second-order valence-corrected chi connectivity index (χ2v) is 5.55. The summed E-state index contributed by atoms with van der Waals surface area (Å²) in [7, 11) is 0. The number of carbonyl (C=O) groups excluding carboxylic acids is 1. The van der Waals surface area contributed by atoms with Crippen molar-refractivity contribution < 1.29 is 13.9 Å². The van der Waals surface area contributed by atoms with Gasteiger partial charge in [0.15, 0.2) is 0 Å². The molecule has 1 heterocycles. The molecule has 21 heavy (non-hydrogen) atoms. The number of aryl methyl sites for hydroxylation is 1. The lowest BCUT2D eigenvalue weighted by Crippen LogP contribution is -2.28. The molecule has 0 unspecified atom stereocenters. The van der Waals surface area contributed by atoms with E-state index in [0.717, 1.165) is 9.88 Å². The molecule has 0 bridgehead atoms. The summed E-state index contributed by atoms with van der Waals surface area (Å²) in [6.07, 6.45) is 1.73. The Balaban J connectivity index is 1.95. The van der Waals surface area contributed by atoms with E-state index in [2.05, 4.69) is 15.6 Å². The molecule has 0 fully saturated rings. The number of amides is 2. The van der Waals surface area contributed by atoms with Gasteiger partial charge in [0.1, 0.15) is 11.6 Å². The van der Waals surface area contributed by atoms with Crippen LogP contribution in [0, 0.1) is 12.7 Å². The predicted octanol–water partition coefficient (Wildman–Crippen LogP) is 3.31. The largest absolute Gasteiger partial charge is 0.492 e. The Hall–Kier alpha value is -2.15. The van der Waals surface area contributed by atoms with Crippen LogP contribution in [-0.4, -0.2) is 17.6 Å². The number of halogens is 1. The maximum atomic E-state index is 13.2. The third-order valence-electron chi connectivity index (χ3n) is 2.58. The van der Waals surface area contributed by atoms with Gasteiger partial charge >= 0.3 is 6.03 Å². The fourth-order valence-electron chi connectivity index (χ4n) is 1.70. The fourth-order valence-corrected chi connectivity index (χ4v) is 2.43. The molecule has 0 saturated heterocycles. The highest BCUT2D eigenvalue weighted by atomic mass is 32.1. The van der Waals surface area contributed by atoms with Gasteiger partial charge in [-0.25, -0.2) is 14.2 Å². The van der Waals surface area contributed by atoms with Crippen LogP contribution in [0.15, 0.2) is 24.4 Å². The zero-order chi connectivity index (χ0) is 15.2. The molecule has 0 saturated carbocycles. The Kier molecular flexibility index (Phi) is 5.10. The first-order chi connectivity index (χ1) is 10.1. The molecule has 1 aromatic heterocycles. The van der Waals surface area contributed by atoms with Crippen LogP contribution in [0.4, 0.5) is 14.9 Å². The molecule has 0 aliphatic carbocycles. The Morgan fingerprint density at radius 2 is 2.29 bits per heavy atom. The van der Waals surface area contributed by atoms with Gasteiger partial charge in [-0.05, 0) is 26.0 Å². The summed E-state index contributed by atoms with van der Waals surface area (Å²) >= 11 is 1.52. The first-order valence-corrected chi connectivity index (χ1v) is 7.28. The minimum absolute atomic E-state index is 0.307. The Labute approximate surface area is 126 Å². The molecule has 1 aromatic carbocycles. The van der Waals surface area contributed by atoms with Crippen LogP contribution < -0.4 is 15.4 Å². The molecule has 0 aliphatic heterocycles. The van der Waals surface area contributed by atoms with Gasteiger partial charge < -0.3 is 15.4 Å². The van der Waals surface area contributed by atoms with Crippen molar-refractivity contribution in [2.45, 2.75) is 20.4 Å². The van der Waals surface area contributed by atoms with Crippen molar-refractivity contribution in [1.29, 1.82) is 0 Å². The number of thiazole rings is 1. The number of nitrogens with one attached hydrogen (secondary N) is 2. The third kappa shape index (κ3) is 4.42. The lowest BCUT2D eigenvalue weighted by atomic mass is 10.3. The molecule has 0 spiro atoms. The minimum Gasteiger partial charge on any atom is -0.492 e. The highest BCUT2D eigenvalue weighted by molar-refractivity contribution is 7.11. The van der Waals surface area contributed by atoms with Gasteiger partial charge in [0.25, 0.3) is 0 Å². The van der Waals surface area contributed by atoms with Crippen molar-refractivity contribution >= 4 is 23.1 Å². The van der Waals surface area contributed by atoms with Crippen LogP contribution in [0.2, 0.25) is 0 Å². The molecule has 2 amide bonds. The van der Waals surface area contributed by atoms with Crippen LogP contribution in [0.1, 0.15) is 16.8 Å². The number of rotatable bonds is 5. The lowest BCUT2D eigenvalue weighted by Gasteiger charge is -2.12. The maximum absolute atomic E-state index is 13.2. The number of carbonyl (C=O) groups is 1. The number of ether oxygens (including phenoxy) is 1. The number of hydrogen-bond acceptors (Lipinski definition) is 4. The fraction of sp³-hybridized carbons (Fsp3) is 0.286. The topological polar surface area (TPSA) is 63.2 Å². The van der Waals surface area contributed by atoms with Gasteiger partial charge in [-0.3, -0.25) is 0 Å². The van der Waals surface area contributed by atoms with Gasteiger partial charge in [0.2, 0.25) is 0 Å². The lowest BCUT2D eigenvalue weighted by molar-refractivity contribution is 0.251. The minimum atomic E-state index is -0.412. The molecule has 0 aliphatic rings. The summed E-state index contributed by atoms with van der Waals surface area (Å²) in [5, 5.41) is 6.31. The van der Waals surface area contributed by atoms with Crippen LogP contribution >= 0.6 is 11.3 Å². The Morgan fingerprint density at radius 1 is 1.48 bits per heavy atom. The average Bonchev–Trinajstić information content (AvgIpc) is 2.86. The molecule has 2 rings (SSSR count). The normalized spacial score (nSPS) is 10.2. The predicted molar refractivity (Wildman–Crippen MR) is 80.3 cm³/mol. The summed E-state index contributed by atoms with van der Waals surface area (Å²) in [6, 6.07) is 3.60. The zero-order valence-electron chi connectivity index (χ0n) is 11.8. The first kappa shape index (κ1) is 15.2. The van der Waals surface area contributed by atoms with Crippen molar-refractivity contribution in [3.05, 3.63) is 40.1 Å². The summed E-state index contributed by atoms with van der Waals surface area (Å²) in [6.45, 7) is 4.48. The third-order valence-corrected chi connectivity index (χ3v) is 3.50. The standard InChI is InChI=1S/C14H16FN3O2S/c1-3-20-13-6-10(15)4-5-12(13)18-14(19)17-8-11-7-16-9(2)21-11/h4-7H,3,8H2,1-2H3,(H2,17,18,19). The summed E-state index contributed by atoms with van der Waals surface area (Å²) in [5.41, 5.74) is 0.427. The van der Waals surface area contributed by atoms with E-state index in [1.54, 1.807) is 13.1 Å². The molecule has 112 valence electrons. The van der Waals surface area contributed by atoms with Gasteiger partial charge in [0, 0.05) is 17.1 Å². The molecule has 0 atom stereocenters. The molecule has 0 radical (unpaired) electrons. The van der Waals surface area contributed by atoms with Crippen LogP contribution in [0.3, 0.4) is 0 Å². The highest BCUT2D eigenvalue weighted by Crippen LogP contribution is 2.25. The Bertz CT molecular complexity index is 630. The number of urea groups is 1. The molecular weight excluding hydrogens is 293 g/mol. The summed E-state index contributed by atoms with van der Waals surface area (Å²) in [5.74, 6) is -0.106. The number of nitrogens with zero attached hydrogens (tertiary/aromatic N) is 1. The monoisotopic (exact) mass is 309 g/mol. The van der Waals surface area contributed by atoms with Crippen molar-refractivity contribution in [2.24, 2.45) is 0 Å². The van der Waals surface area contributed by atoms with E-state index in [-0.39, 0.29) is 6.03 Å².